The van der Waals surface area contributed by atoms with Gasteiger partial charge >= 0.3 is 0 Å². The number of benzene rings is 2. The molecule has 1 heterocycles. The molecule has 0 aliphatic carbocycles. The molecule has 3 rings (SSSR count). The molecular formula is C24H26FN3O4. The molecular weight excluding hydrogens is 413 g/mol. The Labute approximate surface area is 185 Å². The first-order valence-electron chi connectivity index (χ1n) is 10.4. The van der Waals surface area contributed by atoms with Crippen molar-refractivity contribution < 1.29 is 18.7 Å². The molecule has 1 amide bonds. The average Bonchev–Trinajstić information content (AvgIpc) is 2.78. The van der Waals surface area contributed by atoms with Crippen LogP contribution in [0, 0.1) is 5.82 Å². The van der Waals surface area contributed by atoms with Gasteiger partial charge in [-0.05, 0) is 62.2 Å². The van der Waals surface area contributed by atoms with Crippen LogP contribution in [0.15, 0.2) is 65.5 Å². The molecule has 7 nitrogen and oxygen atoms in total. The highest BCUT2D eigenvalue weighted by Crippen LogP contribution is 2.15. The van der Waals surface area contributed by atoms with Crippen molar-refractivity contribution in [3.05, 3.63) is 82.4 Å². The van der Waals surface area contributed by atoms with E-state index in [4.69, 9.17) is 9.47 Å². The van der Waals surface area contributed by atoms with Crippen LogP contribution in [-0.4, -0.2) is 27.9 Å². The van der Waals surface area contributed by atoms with Gasteiger partial charge in [0.2, 0.25) is 5.88 Å². The third-order valence-corrected chi connectivity index (χ3v) is 4.54. The van der Waals surface area contributed by atoms with Crippen LogP contribution in [0.4, 0.5) is 4.39 Å². The molecule has 0 bridgehead atoms. The number of ether oxygens (including phenoxy) is 2. The first kappa shape index (κ1) is 23.0. The van der Waals surface area contributed by atoms with Crippen molar-refractivity contribution >= 4 is 5.91 Å². The Hall–Kier alpha value is -3.68. The number of carbonyl (C=O) groups is 1. The minimum absolute atomic E-state index is 0.0917. The smallest absolute Gasteiger partial charge is 0.271 e. The molecule has 0 saturated carbocycles. The Morgan fingerprint density at radius 1 is 1.03 bits per heavy atom. The van der Waals surface area contributed by atoms with E-state index in [2.05, 4.69) is 10.4 Å². The lowest BCUT2D eigenvalue weighted by Gasteiger charge is -2.17. The monoisotopic (exact) mass is 439 g/mol. The molecule has 0 radical (unpaired) electrons. The van der Waals surface area contributed by atoms with Crippen molar-refractivity contribution in [1.82, 2.24) is 15.1 Å². The topological polar surface area (TPSA) is 82.5 Å². The Morgan fingerprint density at radius 3 is 2.34 bits per heavy atom. The Kier molecular flexibility index (Phi) is 7.59. The van der Waals surface area contributed by atoms with E-state index in [1.54, 1.807) is 0 Å². The fourth-order valence-electron chi connectivity index (χ4n) is 2.95. The number of aromatic nitrogens is 2. The largest absolute Gasteiger partial charge is 0.491 e. The van der Waals surface area contributed by atoms with E-state index in [-0.39, 0.29) is 17.9 Å². The molecule has 1 N–H and O–H groups in total. The Bertz CT molecular complexity index is 1100. The number of hydrogen-bond donors (Lipinski definition) is 1. The molecule has 8 heteroatoms. The molecule has 0 aliphatic heterocycles. The summed E-state index contributed by atoms with van der Waals surface area (Å²) in [6, 6.07) is 15.5. The number of carbonyl (C=O) groups excluding carboxylic acids is 1. The summed E-state index contributed by atoms with van der Waals surface area (Å²) in [6.45, 7) is 6.07. The zero-order valence-corrected chi connectivity index (χ0v) is 18.2. The fourth-order valence-corrected chi connectivity index (χ4v) is 2.95. The van der Waals surface area contributed by atoms with Gasteiger partial charge < -0.3 is 14.8 Å². The van der Waals surface area contributed by atoms with Gasteiger partial charge in [-0.1, -0.05) is 19.1 Å². The minimum Gasteiger partial charge on any atom is -0.491 e. The summed E-state index contributed by atoms with van der Waals surface area (Å²) >= 11 is 0. The predicted octanol–water partition coefficient (Wildman–Crippen LogP) is 3.63. The number of hydrogen-bond acceptors (Lipinski definition) is 5. The highest BCUT2D eigenvalue weighted by atomic mass is 19.1. The van der Waals surface area contributed by atoms with E-state index in [1.165, 1.54) is 36.4 Å². The maximum atomic E-state index is 13.2. The molecule has 0 fully saturated rings. The minimum atomic E-state index is -0.787. The lowest BCUT2D eigenvalue weighted by atomic mass is 10.2. The highest BCUT2D eigenvalue weighted by molar-refractivity contribution is 5.81. The molecule has 0 aliphatic rings. The lowest BCUT2D eigenvalue weighted by Crippen LogP contribution is -2.38. The Morgan fingerprint density at radius 2 is 1.72 bits per heavy atom. The van der Waals surface area contributed by atoms with Crippen molar-refractivity contribution in [1.29, 1.82) is 0 Å². The summed E-state index contributed by atoms with van der Waals surface area (Å²) in [5, 5.41) is 7.01. The van der Waals surface area contributed by atoms with Gasteiger partial charge in [0, 0.05) is 18.7 Å². The van der Waals surface area contributed by atoms with Gasteiger partial charge in [0.1, 0.15) is 11.6 Å². The Balaban J connectivity index is 1.64. The van der Waals surface area contributed by atoms with Crippen LogP contribution in [0.25, 0.3) is 5.69 Å². The van der Waals surface area contributed by atoms with Crippen LogP contribution in [0.2, 0.25) is 0 Å². The SMILES string of the molecule is CCC(Oc1ccc(=O)n(-c2ccc(F)cc2)n1)C(=O)NCc1ccc(OC(C)C)cc1. The maximum absolute atomic E-state index is 13.2. The van der Waals surface area contributed by atoms with Gasteiger partial charge in [0.25, 0.3) is 11.5 Å². The number of nitrogens with zero attached hydrogens (tertiary/aromatic N) is 2. The molecule has 2 aromatic carbocycles. The molecule has 1 aromatic heterocycles. The normalized spacial score (nSPS) is 11.8. The lowest BCUT2D eigenvalue weighted by molar-refractivity contribution is -0.128. The molecule has 32 heavy (non-hydrogen) atoms. The third-order valence-electron chi connectivity index (χ3n) is 4.54. The van der Waals surface area contributed by atoms with Crippen molar-refractivity contribution in [2.24, 2.45) is 0 Å². The first-order valence-corrected chi connectivity index (χ1v) is 10.4. The van der Waals surface area contributed by atoms with Crippen LogP contribution in [-0.2, 0) is 11.3 Å². The van der Waals surface area contributed by atoms with E-state index >= 15 is 0 Å². The van der Waals surface area contributed by atoms with Crippen LogP contribution in [0.1, 0.15) is 32.8 Å². The first-order chi connectivity index (χ1) is 15.4. The number of nitrogens with one attached hydrogen (secondary N) is 1. The molecule has 1 atom stereocenters. The van der Waals surface area contributed by atoms with Gasteiger partial charge in [-0.25, -0.2) is 4.39 Å². The zero-order chi connectivity index (χ0) is 23.1. The second-order valence-corrected chi connectivity index (χ2v) is 7.44. The van der Waals surface area contributed by atoms with Gasteiger partial charge in [0.05, 0.1) is 11.8 Å². The number of rotatable bonds is 9. The zero-order valence-electron chi connectivity index (χ0n) is 18.2. The van der Waals surface area contributed by atoms with E-state index in [1.807, 2.05) is 45.0 Å². The molecule has 168 valence electrons. The highest BCUT2D eigenvalue weighted by Gasteiger charge is 2.19. The van der Waals surface area contributed by atoms with Crippen molar-refractivity contribution in [2.45, 2.75) is 45.9 Å². The van der Waals surface area contributed by atoms with Crippen LogP contribution in [0.5, 0.6) is 11.6 Å². The standard InChI is InChI=1S/C24H26FN3O4/c1-4-21(24(30)26-15-17-5-11-20(12-6-17)31-16(2)3)32-22-13-14-23(29)28(27-22)19-9-7-18(25)8-10-19/h5-14,16,21H,4,15H2,1-3H3,(H,26,30). The van der Waals surface area contributed by atoms with Crippen LogP contribution < -0.4 is 20.3 Å². The van der Waals surface area contributed by atoms with E-state index < -0.39 is 17.5 Å². The summed E-state index contributed by atoms with van der Waals surface area (Å²) in [5.41, 5.74) is 0.919. The van der Waals surface area contributed by atoms with Gasteiger partial charge in [-0.15, -0.1) is 5.10 Å². The second kappa shape index (κ2) is 10.6. The van der Waals surface area contributed by atoms with Gasteiger partial charge in [0.15, 0.2) is 6.10 Å². The second-order valence-electron chi connectivity index (χ2n) is 7.44. The molecule has 3 aromatic rings. The average molecular weight is 439 g/mol. The quantitative estimate of drug-likeness (QED) is 0.551. The van der Waals surface area contributed by atoms with E-state index in [9.17, 15) is 14.0 Å². The molecule has 1 unspecified atom stereocenters. The van der Waals surface area contributed by atoms with Crippen molar-refractivity contribution in [2.75, 3.05) is 0 Å². The van der Waals surface area contributed by atoms with Crippen molar-refractivity contribution in [3.63, 3.8) is 0 Å². The fraction of sp³-hybridized carbons (Fsp3) is 0.292. The molecule has 0 saturated heterocycles. The summed E-state index contributed by atoms with van der Waals surface area (Å²) in [6.07, 6.45) is -0.288. The summed E-state index contributed by atoms with van der Waals surface area (Å²) in [7, 11) is 0. The third kappa shape index (κ3) is 6.16. The summed E-state index contributed by atoms with van der Waals surface area (Å²) < 4.78 is 25.6. The number of amides is 1. The van der Waals surface area contributed by atoms with Crippen LogP contribution >= 0.6 is 0 Å². The van der Waals surface area contributed by atoms with E-state index in [0.29, 0.717) is 18.7 Å². The maximum Gasteiger partial charge on any atom is 0.271 e. The summed E-state index contributed by atoms with van der Waals surface area (Å²) in [4.78, 5) is 24.8. The number of halogens is 1. The summed E-state index contributed by atoms with van der Waals surface area (Å²) in [5.74, 6) is 0.175. The predicted molar refractivity (Wildman–Crippen MR) is 119 cm³/mol. The molecule has 0 spiro atoms. The van der Waals surface area contributed by atoms with Crippen molar-refractivity contribution in [3.8, 4) is 17.3 Å². The van der Waals surface area contributed by atoms with Gasteiger partial charge in [-0.2, -0.15) is 4.68 Å². The van der Waals surface area contributed by atoms with E-state index in [0.717, 1.165) is 16.0 Å². The van der Waals surface area contributed by atoms with Crippen LogP contribution in [0.3, 0.4) is 0 Å². The van der Waals surface area contributed by atoms with Gasteiger partial charge in [-0.3, -0.25) is 9.59 Å².